The van der Waals surface area contributed by atoms with Gasteiger partial charge in [0.25, 0.3) is 5.91 Å². The number of likely N-dealkylation sites (tertiary alicyclic amines) is 1. The van der Waals surface area contributed by atoms with Crippen molar-refractivity contribution in [2.75, 3.05) is 13.1 Å². The molecular weight excluding hydrogens is 341 g/mol. The SMILES string of the molecule is Cc1nc(-c2ccccc2)c(C(=O)N2CC[C@@H](N)C2)s1.Cl.Cl. The number of nitrogens with zero attached hydrogens (tertiary/aromatic N) is 2. The summed E-state index contributed by atoms with van der Waals surface area (Å²) in [7, 11) is 0. The van der Waals surface area contributed by atoms with Crippen LogP contribution in [0.5, 0.6) is 0 Å². The van der Waals surface area contributed by atoms with Crippen LogP contribution in [0.1, 0.15) is 21.1 Å². The van der Waals surface area contributed by atoms with E-state index in [0.29, 0.717) is 6.54 Å². The van der Waals surface area contributed by atoms with E-state index in [4.69, 9.17) is 5.73 Å². The number of hydrogen-bond donors (Lipinski definition) is 1. The Morgan fingerprint density at radius 1 is 1.32 bits per heavy atom. The molecule has 1 fully saturated rings. The zero-order valence-corrected chi connectivity index (χ0v) is 14.6. The lowest BCUT2D eigenvalue weighted by Crippen LogP contribution is -2.31. The van der Waals surface area contributed by atoms with Crippen LogP contribution in [-0.2, 0) is 0 Å². The van der Waals surface area contributed by atoms with Gasteiger partial charge in [0.2, 0.25) is 0 Å². The van der Waals surface area contributed by atoms with E-state index in [1.807, 2.05) is 42.2 Å². The van der Waals surface area contributed by atoms with Crippen molar-refractivity contribution in [3.63, 3.8) is 0 Å². The maximum Gasteiger partial charge on any atom is 0.266 e. The van der Waals surface area contributed by atoms with Gasteiger partial charge >= 0.3 is 0 Å². The molecule has 7 heteroatoms. The molecule has 1 aliphatic rings. The van der Waals surface area contributed by atoms with Crippen molar-refractivity contribution in [2.45, 2.75) is 19.4 Å². The van der Waals surface area contributed by atoms with Gasteiger partial charge in [-0.25, -0.2) is 4.98 Å². The summed E-state index contributed by atoms with van der Waals surface area (Å²) < 4.78 is 0. The lowest BCUT2D eigenvalue weighted by Gasteiger charge is -2.15. The van der Waals surface area contributed by atoms with Crippen LogP contribution in [0, 0.1) is 6.92 Å². The molecule has 1 saturated heterocycles. The first kappa shape index (κ1) is 18.9. The van der Waals surface area contributed by atoms with E-state index in [9.17, 15) is 4.79 Å². The van der Waals surface area contributed by atoms with Crippen molar-refractivity contribution in [2.24, 2.45) is 5.73 Å². The predicted molar refractivity (Wildman–Crippen MR) is 95.3 cm³/mol. The van der Waals surface area contributed by atoms with Gasteiger partial charge in [-0.2, -0.15) is 0 Å². The lowest BCUT2D eigenvalue weighted by molar-refractivity contribution is 0.0796. The summed E-state index contributed by atoms with van der Waals surface area (Å²) in [5, 5.41) is 0.913. The van der Waals surface area contributed by atoms with Crippen molar-refractivity contribution in [1.82, 2.24) is 9.88 Å². The Morgan fingerprint density at radius 3 is 2.59 bits per heavy atom. The predicted octanol–water partition coefficient (Wildman–Crippen LogP) is 3.14. The summed E-state index contributed by atoms with van der Waals surface area (Å²) in [5.41, 5.74) is 7.67. The Kier molecular flexibility index (Phi) is 6.81. The molecular formula is C15H19Cl2N3OS. The normalized spacial score (nSPS) is 16.8. The lowest BCUT2D eigenvalue weighted by atomic mass is 10.1. The fourth-order valence-corrected chi connectivity index (χ4v) is 3.39. The first-order valence-corrected chi connectivity index (χ1v) is 7.54. The molecule has 1 aromatic heterocycles. The number of amides is 1. The average molecular weight is 360 g/mol. The Bertz CT molecular complexity index is 633. The van der Waals surface area contributed by atoms with Crippen LogP contribution in [0.3, 0.4) is 0 Å². The molecule has 2 heterocycles. The van der Waals surface area contributed by atoms with Crippen molar-refractivity contribution >= 4 is 42.1 Å². The second-order valence-electron chi connectivity index (χ2n) is 5.08. The molecule has 0 bridgehead atoms. The topological polar surface area (TPSA) is 59.2 Å². The number of thiazole rings is 1. The number of nitrogens with two attached hydrogens (primary N) is 1. The standard InChI is InChI=1S/C15H17N3OS.2ClH/c1-10-17-13(11-5-3-2-4-6-11)14(20-10)15(19)18-8-7-12(16)9-18;;/h2-6,12H,7-9,16H2,1H3;2*1H/t12-;;/m1../s1. The van der Waals surface area contributed by atoms with Gasteiger partial charge in [-0.05, 0) is 13.3 Å². The summed E-state index contributed by atoms with van der Waals surface area (Å²) in [6.45, 7) is 3.32. The van der Waals surface area contributed by atoms with Crippen LogP contribution in [0.15, 0.2) is 30.3 Å². The van der Waals surface area contributed by atoms with E-state index < -0.39 is 0 Å². The van der Waals surface area contributed by atoms with Gasteiger partial charge < -0.3 is 10.6 Å². The molecule has 2 N–H and O–H groups in total. The van der Waals surface area contributed by atoms with E-state index in [0.717, 1.165) is 34.1 Å². The van der Waals surface area contributed by atoms with Crippen molar-refractivity contribution in [3.8, 4) is 11.3 Å². The largest absolute Gasteiger partial charge is 0.336 e. The van der Waals surface area contributed by atoms with Crippen LogP contribution in [0.2, 0.25) is 0 Å². The summed E-state index contributed by atoms with van der Waals surface area (Å²) >= 11 is 1.46. The van der Waals surface area contributed by atoms with E-state index in [2.05, 4.69) is 4.98 Å². The number of benzene rings is 1. The highest BCUT2D eigenvalue weighted by Gasteiger charge is 2.28. The molecule has 0 spiro atoms. The average Bonchev–Trinajstić information content (AvgIpc) is 3.05. The number of carbonyl (C=O) groups excluding carboxylic acids is 1. The van der Waals surface area contributed by atoms with E-state index >= 15 is 0 Å². The third kappa shape index (κ3) is 3.79. The van der Waals surface area contributed by atoms with Crippen molar-refractivity contribution in [3.05, 3.63) is 40.2 Å². The van der Waals surface area contributed by atoms with Crippen LogP contribution in [0.25, 0.3) is 11.3 Å². The number of aromatic nitrogens is 1. The minimum atomic E-state index is 0. The van der Waals surface area contributed by atoms with Gasteiger partial charge in [-0.1, -0.05) is 30.3 Å². The summed E-state index contributed by atoms with van der Waals surface area (Å²) in [4.78, 5) is 19.7. The third-order valence-corrected chi connectivity index (χ3v) is 4.45. The summed E-state index contributed by atoms with van der Waals surface area (Å²) in [6, 6.07) is 9.97. The number of hydrogen-bond acceptors (Lipinski definition) is 4. The minimum Gasteiger partial charge on any atom is -0.336 e. The molecule has 0 saturated carbocycles. The van der Waals surface area contributed by atoms with E-state index in [1.54, 1.807) is 0 Å². The molecule has 3 rings (SSSR count). The highest BCUT2D eigenvalue weighted by atomic mass is 35.5. The monoisotopic (exact) mass is 359 g/mol. The zero-order chi connectivity index (χ0) is 14.1. The molecule has 120 valence electrons. The quantitative estimate of drug-likeness (QED) is 0.895. The first-order valence-electron chi connectivity index (χ1n) is 6.73. The van der Waals surface area contributed by atoms with Gasteiger partial charge in [0.05, 0.1) is 10.7 Å². The summed E-state index contributed by atoms with van der Waals surface area (Å²) in [5.74, 6) is 0.0578. The molecule has 4 nitrogen and oxygen atoms in total. The van der Waals surface area contributed by atoms with Crippen molar-refractivity contribution in [1.29, 1.82) is 0 Å². The van der Waals surface area contributed by atoms with Crippen LogP contribution in [0.4, 0.5) is 0 Å². The molecule has 1 atom stereocenters. The Hall–Kier alpha value is -1.14. The Labute approximate surface area is 146 Å². The maximum absolute atomic E-state index is 12.6. The fraction of sp³-hybridized carbons (Fsp3) is 0.333. The molecule has 1 amide bonds. The molecule has 0 unspecified atom stereocenters. The van der Waals surface area contributed by atoms with Gasteiger partial charge in [-0.3, -0.25) is 4.79 Å². The second kappa shape index (κ2) is 7.92. The molecule has 1 aliphatic heterocycles. The van der Waals surface area contributed by atoms with E-state index in [-0.39, 0.29) is 36.8 Å². The number of aryl methyl sites for hydroxylation is 1. The zero-order valence-electron chi connectivity index (χ0n) is 12.2. The number of rotatable bonds is 2. The van der Waals surface area contributed by atoms with Crippen molar-refractivity contribution < 1.29 is 4.79 Å². The first-order chi connectivity index (χ1) is 9.65. The Morgan fingerprint density at radius 2 is 2.00 bits per heavy atom. The second-order valence-corrected chi connectivity index (χ2v) is 6.28. The number of carbonyl (C=O) groups is 1. The molecule has 22 heavy (non-hydrogen) atoms. The number of halogens is 2. The maximum atomic E-state index is 12.6. The van der Waals surface area contributed by atoms with Crippen LogP contribution < -0.4 is 5.73 Å². The molecule has 2 aromatic rings. The molecule has 0 aliphatic carbocycles. The molecule has 1 aromatic carbocycles. The van der Waals surface area contributed by atoms with Gasteiger partial charge in [-0.15, -0.1) is 36.2 Å². The van der Waals surface area contributed by atoms with Gasteiger partial charge in [0.1, 0.15) is 4.88 Å². The third-order valence-electron chi connectivity index (χ3n) is 3.49. The minimum absolute atomic E-state index is 0. The van der Waals surface area contributed by atoms with E-state index in [1.165, 1.54) is 11.3 Å². The smallest absolute Gasteiger partial charge is 0.266 e. The fourth-order valence-electron chi connectivity index (χ4n) is 2.48. The Balaban J connectivity index is 0.00000121. The highest BCUT2D eigenvalue weighted by molar-refractivity contribution is 7.14. The highest BCUT2D eigenvalue weighted by Crippen LogP contribution is 2.29. The van der Waals surface area contributed by atoms with Gasteiger partial charge in [0.15, 0.2) is 0 Å². The van der Waals surface area contributed by atoms with Crippen LogP contribution >= 0.6 is 36.2 Å². The van der Waals surface area contributed by atoms with Gasteiger partial charge in [0, 0.05) is 24.7 Å². The summed E-state index contributed by atoms with van der Waals surface area (Å²) in [6.07, 6.45) is 0.879. The molecule has 0 radical (unpaired) electrons. The van der Waals surface area contributed by atoms with Crippen LogP contribution in [-0.4, -0.2) is 34.9 Å².